The highest BCUT2D eigenvalue weighted by Gasteiger charge is 2.36. The summed E-state index contributed by atoms with van der Waals surface area (Å²) in [6.07, 6.45) is 1.69. The maximum absolute atomic E-state index is 2.47. The van der Waals surface area contributed by atoms with Crippen molar-refractivity contribution in [2.45, 2.75) is 32.1 Å². The minimum atomic E-state index is -0.131. The number of rotatable bonds is 5. The lowest BCUT2D eigenvalue weighted by atomic mass is 9.82. The van der Waals surface area contributed by atoms with Crippen molar-refractivity contribution in [2.24, 2.45) is 0 Å². The van der Waals surface area contributed by atoms with Gasteiger partial charge in [-0.1, -0.05) is 184 Å². The minimum Gasteiger partial charge on any atom is -0.310 e. The molecule has 0 saturated heterocycles. The van der Waals surface area contributed by atoms with Crippen LogP contribution in [0.5, 0.6) is 0 Å². The van der Waals surface area contributed by atoms with Crippen molar-refractivity contribution in [1.82, 2.24) is 4.57 Å². The molecule has 0 spiro atoms. The third-order valence-corrected chi connectivity index (χ3v) is 14.7. The van der Waals surface area contributed by atoms with Gasteiger partial charge in [-0.05, 0) is 151 Å². The highest BCUT2D eigenvalue weighted by atomic mass is 15.1. The Hall–Kier alpha value is -8.20. The van der Waals surface area contributed by atoms with Gasteiger partial charge in [0.25, 0.3) is 0 Å². The molecule has 2 heteroatoms. The summed E-state index contributed by atoms with van der Waals surface area (Å²) in [6, 6.07) is 85.9. The lowest BCUT2D eigenvalue weighted by Gasteiger charge is -2.29. The second-order valence-electron chi connectivity index (χ2n) is 18.9. The summed E-state index contributed by atoms with van der Waals surface area (Å²) in [6.45, 7) is 4.74. The summed E-state index contributed by atoms with van der Waals surface area (Å²) < 4.78 is 2.38. The molecule has 13 rings (SSSR count). The second kappa shape index (κ2) is 15.5. The predicted molar refractivity (Wildman–Crippen MR) is 281 cm³/mol. The topological polar surface area (TPSA) is 8.17 Å². The summed E-state index contributed by atoms with van der Waals surface area (Å²) in [7, 11) is 0. The molecule has 1 aromatic heterocycles. The van der Waals surface area contributed by atoms with Crippen molar-refractivity contribution in [3.05, 3.63) is 264 Å². The van der Waals surface area contributed by atoms with Gasteiger partial charge in [0.05, 0.1) is 11.0 Å². The zero-order valence-electron chi connectivity index (χ0n) is 37.7. The molecule has 0 fully saturated rings. The normalized spacial score (nSPS) is 13.2. The van der Waals surface area contributed by atoms with Gasteiger partial charge in [0.2, 0.25) is 0 Å². The lowest BCUT2D eigenvalue weighted by Crippen LogP contribution is -2.16. The van der Waals surface area contributed by atoms with Crippen LogP contribution in [0.2, 0.25) is 0 Å². The molecule has 2 aliphatic carbocycles. The fourth-order valence-electron chi connectivity index (χ4n) is 11.4. The minimum absolute atomic E-state index is 0.131. The van der Waals surface area contributed by atoms with E-state index in [4.69, 9.17) is 0 Å². The molecule has 0 amide bonds. The SMILES string of the molecule is CC1(C)c2ccccc2-c2ccc(N(c3ccc(-c4ccc(-n5c6ccccc6c6ccccc65)cc4)cc3)c3ccc4c(c3)-c3ccccc3Cc3ccccc3-c3ccccc3C4)cc21. The van der Waals surface area contributed by atoms with Gasteiger partial charge in [0.1, 0.15) is 0 Å². The first kappa shape index (κ1) is 39.2. The van der Waals surface area contributed by atoms with Crippen LogP contribution in [-0.2, 0) is 18.3 Å². The summed E-state index contributed by atoms with van der Waals surface area (Å²) in [5, 5.41) is 2.55. The molecule has 0 N–H and O–H groups in total. The van der Waals surface area contributed by atoms with E-state index < -0.39 is 0 Å². The molecule has 318 valence electrons. The maximum atomic E-state index is 2.47. The van der Waals surface area contributed by atoms with Crippen LogP contribution in [0.1, 0.15) is 47.2 Å². The highest BCUT2D eigenvalue weighted by molar-refractivity contribution is 6.09. The van der Waals surface area contributed by atoms with E-state index in [-0.39, 0.29) is 5.41 Å². The molecule has 67 heavy (non-hydrogen) atoms. The quantitative estimate of drug-likeness (QED) is 0.167. The average Bonchev–Trinajstić information content (AvgIpc) is 3.83. The average molecular weight is 857 g/mol. The van der Waals surface area contributed by atoms with E-state index in [0.717, 1.165) is 35.6 Å². The van der Waals surface area contributed by atoms with Crippen molar-refractivity contribution in [3.63, 3.8) is 0 Å². The molecule has 0 saturated carbocycles. The zero-order valence-corrected chi connectivity index (χ0v) is 37.7. The monoisotopic (exact) mass is 856 g/mol. The number of hydrogen-bond acceptors (Lipinski definition) is 1. The molecule has 0 aliphatic heterocycles. The van der Waals surface area contributed by atoms with Gasteiger partial charge in [-0.3, -0.25) is 0 Å². The van der Waals surface area contributed by atoms with Crippen LogP contribution < -0.4 is 4.90 Å². The van der Waals surface area contributed by atoms with Crippen molar-refractivity contribution in [2.75, 3.05) is 4.90 Å². The second-order valence-corrected chi connectivity index (χ2v) is 18.9. The summed E-state index contributed by atoms with van der Waals surface area (Å²) >= 11 is 0. The first-order valence-corrected chi connectivity index (χ1v) is 23.6. The van der Waals surface area contributed by atoms with E-state index in [1.807, 2.05) is 0 Å². The maximum Gasteiger partial charge on any atom is 0.0541 e. The van der Waals surface area contributed by atoms with E-state index in [1.165, 1.54) is 99.7 Å². The van der Waals surface area contributed by atoms with Crippen molar-refractivity contribution < 1.29 is 0 Å². The Morgan fingerprint density at radius 1 is 0.343 bits per heavy atom. The molecule has 2 aliphatic rings. The van der Waals surface area contributed by atoms with E-state index in [1.54, 1.807) is 0 Å². The summed E-state index contributed by atoms with van der Waals surface area (Å²) in [4.78, 5) is 2.47. The van der Waals surface area contributed by atoms with E-state index in [0.29, 0.717) is 0 Å². The van der Waals surface area contributed by atoms with Crippen molar-refractivity contribution in [3.8, 4) is 50.2 Å². The van der Waals surface area contributed by atoms with Crippen LogP contribution in [0.4, 0.5) is 17.1 Å². The van der Waals surface area contributed by atoms with Crippen LogP contribution in [0, 0.1) is 0 Å². The molecule has 0 unspecified atom stereocenters. The van der Waals surface area contributed by atoms with Crippen molar-refractivity contribution >= 4 is 38.9 Å². The van der Waals surface area contributed by atoms with Gasteiger partial charge in [0, 0.05) is 38.9 Å². The Labute approximate surface area is 392 Å². The van der Waals surface area contributed by atoms with Gasteiger partial charge in [-0.2, -0.15) is 0 Å². The molecule has 10 aromatic carbocycles. The van der Waals surface area contributed by atoms with Gasteiger partial charge in [0.15, 0.2) is 0 Å². The number of benzene rings is 10. The fraction of sp³-hybridized carbons (Fsp3) is 0.0769. The van der Waals surface area contributed by atoms with Gasteiger partial charge in [-0.15, -0.1) is 0 Å². The molecule has 0 atom stereocenters. The Morgan fingerprint density at radius 2 is 0.776 bits per heavy atom. The lowest BCUT2D eigenvalue weighted by molar-refractivity contribution is 0.660. The van der Waals surface area contributed by atoms with Crippen LogP contribution in [-0.4, -0.2) is 4.57 Å². The van der Waals surface area contributed by atoms with Crippen LogP contribution >= 0.6 is 0 Å². The molecule has 2 nitrogen and oxygen atoms in total. The third kappa shape index (κ3) is 6.39. The zero-order chi connectivity index (χ0) is 44.6. The van der Waals surface area contributed by atoms with Crippen LogP contribution in [0.15, 0.2) is 231 Å². The number of para-hydroxylation sites is 2. The van der Waals surface area contributed by atoms with Gasteiger partial charge >= 0.3 is 0 Å². The molecule has 1 heterocycles. The van der Waals surface area contributed by atoms with Gasteiger partial charge < -0.3 is 9.47 Å². The molecular weight excluding hydrogens is 809 g/mol. The standard InChI is InChI=1S/C65H48N2/c1-65(2)61-24-12-9-21-56(61)57-38-37-52(42-62(57)65)66(49-32-27-43(28-33-49)44-29-34-50(35-30-44)67-63-25-13-10-22-58(63)59-23-11-14-26-64(59)67)51-36-31-48-40-46-16-4-7-19-54(46)53-18-6-3-15-45(53)39-47-17-5-8-20-55(47)60(48)41-51/h3-38,41-42H,39-40H2,1-2H3. The van der Waals surface area contributed by atoms with Crippen molar-refractivity contribution in [1.29, 1.82) is 0 Å². The Balaban J connectivity index is 0.938. The number of aromatic nitrogens is 1. The molecule has 11 aromatic rings. The van der Waals surface area contributed by atoms with Crippen LogP contribution in [0.3, 0.4) is 0 Å². The van der Waals surface area contributed by atoms with E-state index >= 15 is 0 Å². The van der Waals surface area contributed by atoms with E-state index in [2.05, 4.69) is 254 Å². The van der Waals surface area contributed by atoms with E-state index in [9.17, 15) is 0 Å². The molecule has 0 bridgehead atoms. The predicted octanol–water partition coefficient (Wildman–Crippen LogP) is 17.1. The fourth-order valence-corrected chi connectivity index (χ4v) is 11.4. The number of anilines is 3. The van der Waals surface area contributed by atoms with Gasteiger partial charge in [-0.25, -0.2) is 0 Å². The summed E-state index contributed by atoms with van der Waals surface area (Å²) in [5.41, 5.74) is 25.2. The Bertz CT molecular complexity index is 3660. The van der Waals surface area contributed by atoms with Crippen LogP contribution in [0.25, 0.3) is 72.0 Å². The molecular formula is C65H48N2. The smallest absolute Gasteiger partial charge is 0.0541 e. The molecule has 0 radical (unpaired) electrons. The summed E-state index contributed by atoms with van der Waals surface area (Å²) in [5.74, 6) is 0. The number of nitrogens with zero attached hydrogens (tertiary/aromatic N) is 2. The first-order valence-electron chi connectivity index (χ1n) is 23.6. The number of hydrogen-bond donors (Lipinski definition) is 0. The number of fused-ring (bicyclic) bond motifs is 12. The Kier molecular flexibility index (Phi) is 9.05. The largest absolute Gasteiger partial charge is 0.310 e. The Morgan fingerprint density at radius 3 is 1.39 bits per heavy atom. The first-order chi connectivity index (χ1) is 33.0. The highest BCUT2D eigenvalue weighted by Crippen LogP contribution is 2.51. The third-order valence-electron chi connectivity index (χ3n) is 14.7.